The van der Waals surface area contributed by atoms with Crippen LogP contribution in [-0.2, 0) is 0 Å². The van der Waals surface area contributed by atoms with Crippen LogP contribution in [0.4, 0.5) is 0 Å². The van der Waals surface area contributed by atoms with Gasteiger partial charge < -0.3 is 4.57 Å². The largest absolute Gasteiger partial charge is 0.309 e. The molecule has 41 heavy (non-hydrogen) atoms. The zero-order chi connectivity index (χ0) is 27.7. The van der Waals surface area contributed by atoms with Crippen molar-refractivity contribution in [1.29, 1.82) is 5.26 Å². The van der Waals surface area contributed by atoms with Gasteiger partial charge in [-0.2, -0.15) is 5.26 Å². The van der Waals surface area contributed by atoms with Gasteiger partial charge in [-0.15, -0.1) is 0 Å². The van der Waals surface area contributed by atoms with E-state index in [4.69, 9.17) is 0 Å². The van der Waals surface area contributed by atoms with E-state index < -0.39 is 0 Å². The predicted molar refractivity (Wildman–Crippen MR) is 173 cm³/mol. The highest BCUT2D eigenvalue weighted by Crippen LogP contribution is 2.40. The molecule has 1 heterocycles. The van der Waals surface area contributed by atoms with Gasteiger partial charge >= 0.3 is 0 Å². The second-order valence-electron chi connectivity index (χ2n) is 11.0. The van der Waals surface area contributed by atoms with Crippen molar-refractivity contribution in [2.75, 3.05) is 0 Å². The van der Waals surface area contributed by atoms with Gasteiger partial charge in [0.25, 0.3) is 0 Å². The van der Waals surface area contributed by atoms with Crippen molar-refractivity contribution >= 4 is 54.1 Å². The topological polar surface area (TPSA) is 28.7 Å². The van der Waals surface area contributed by atoms with Crippen LogP contribution in [0.3, 0.4) is 0 Å². The number of para-hydroxylation sites is 2. The van der Waals surface area contributed by atoms with Crippen LogP contribution >= 0.6 is 0 Å². The predicted octanol–water partition coefficient (Wildman–Crippen LogP) is 10.4. The molecule has 0 radical (unpaired) electrons. The molecule has 0 atom stereocenters. The van der Waals surface area contributed by atoms with Crippen LogP contribution in [0.25, 0.3) is 70.9 Å². The van der Waals surface area contributed by atoms with Gasteiger partial charge in [0.15, 0.2) is 0 Å². The molecule has 0 N–H and O–H groups in total. The number of hydrogen-bond acceptors (Lipinski definition) is 1. The van der Waals surface area contributed by atoms with Gasteiger partial charge in [-0.25, -0.2) is 0 Å². The van der Waals surface area contributed by atoms with E-state index >= 15 is 0 Å². The van der Waals surface area contributed by atoms with Crippen molar-refractivity contribution in [2.45, 2.75) is 13.8 Å². The number of nitrogens with zero attached hydrogens (tertiary/aromatic N) is 2. The zero-order valence-corrected chi connectivity index (χ0v) is 22.9. The standard InChI is InChI=1S/C39H26N2/c1-24-7-5-11-34-35-12-6-8-25(2)39(35)41(38(24)34)29-18-20-33-32-19-17-28(27-15-13-26(23-40)14-16-27)21-36(32)30-9-3-4-10-31(30)37(33)22-29/h3-22H,1-2H3. The Hall–Kier alpha value is -5.39. The summed E-state index contributed by atoms with van der Waals surface area (Å²) in [6, 6.07) is 45.8. The number of benzene rings is 7. The van der Waals surface area contributed by atoms with E-state index in [0.29, 0.717) is 5.56 Å². The summed E-state index contributed by atoms with van der Waals surface area (Å²) in [6.45, 7) is 4.42. The fourth-order valence-electron chi connectivity index (χ4n) is 6.72. The molecule has 0 spiro atoms. The lowest BCUT2D eigenvalue weighted by molar-refractivity contribution is 1.16. The summed E-state index contributed by atoms with van der Waals surface area (Å²) in [7, 11) is 0. The molecular formula is C39H26N2. The van der Waals surface area contributed by atoms with Crippen LogP contribution in [0.2, 0.25) is 0 Å². The lowest BCUT2D eigenvalue weighted by atomic mass is 9.91. The van der Waals surface area contributed by atoms with Crippen LogP contribution < -0.4 is 0 Å². The van der Waals surface area contributed by atoms with Crippen molar-refractivity contribution in [2.24, 2.45) is 0 Å². The summed E-state index contributed by atoms with van der Waals surface area (Å²) in [4.78, 5) is 0. The first-order valence-electron chi connectivity index (χ1n) is 14.0. The van der Waals surface area contributed by atoms with E-state index in [9.17, 15) is 5.26 Å². The van der Waals surface area contributed by atoms with Crippen LogP contribution in [0.15, 0.2) is 121 Å². The summed E-state index contributed by atoms with van der Waals surface area (Å²) >= 11 is 0. The average Bonchev–Trinajstić information content (AvgIpc) is 3.38. The average molecular weight is 523 g/mol. The van der Waals surface area contributed by atoms with Crippen LogP contribution in [0.1, 0.15) is 16.7 Å². The molecule has 8 rings (SSSR count). The van der Waals surface area contributed by atoms with Gasteiger partial charge in [0.1, 0.15) is 0 Å². The fourth-order valence-corrected chi connectivity index (χ4v) is 6.72. The fraction of sp³-hybridized carbons (Fsp3) is 0.0513. The molecule has 0 aliphatic rings. The number of fused-ring (bicyclic) bond motifs is 9. The Morgan fingerprint density at radius 2 is 0.976 bits per heavy atom. The summed E-state index contributed by atoms with van der Waals surface area (Å²) in [5, 5.41) is 19.3. The van der Waals surface area contributed by atoms with Crippen molar-refractivity contribution in [1.82, 2.24) is 4.57 Å². The van der Waals surface area contributed by atoms with Crippen molar-refractivity contribution < 1.29 is 0 Å². The third-order valence-electron chi connectivity index (χ3n) is 8.64. The number of rotatable bonds is 2. The summed E-state index contributed by atoms with van der Waals surface area (Å²) in [5.74, 6) is 0. The quantitative estimate of drug-likeness (QED) is 0.208. The Kier molecular flexibility index (Phi) is 5.05. The monoisotopic (exact) mass is 522 g/mol. The van der Waals surface area contributed by atoms with Gasteiger partial charge in [0.2, 0.25) is 0 Å². The third kappa shape index (κ3) is 3.43. The molecule has 0 amide bonds. The minimum absolute atomic E-state index is 0.676. The molecule has 8 aromatic rings. The van der Waals surface area contributed by atoms with E-state index in [2.05, 4.69) is 122 Å². The highest BCUT2D eigenvalue weighted by molar-refractivity contribution is 6.26. The Bertz CT molecular complexity index is 2300. The van der Waals surface area contributed by atoms with Crippen molar-refractivity contribution in [3.8, 4) is 22.9 Å². The first-order chi connectivity index (χ1) is 20.1. The van der Waals surface area contributed by atoms with Gasteiger partial charge in [-0.05, 0) is 98.8 Å². The summed E-state index contributed by atoms with van der Waals surface area (Å²) < 4.78 is 2.46. The molecule has 192 valence electrons. The highest BCUT2D eigenvalue weighted by atomic mass is 15.0. The highest BCUT2D eigenvalue weighted by Gasteiger charge is 2.17. The number of hydrogen-bond donors (Lipinski definition) is 0. The molecule has 0 aliphatic carbocycles. The molecule has 1 aromatic heterocycles. The molecule has 2 heteroatoms. The van der Waals surface area contributed by atoms with Crippen LogP contribution in [0, 0.1) is 25.2 Å². The Balaban J connectivity index is 1.43. The molecule has 2 nitrogen and oxygen atoms in total. The maximum Gasteiger partial charge on any atom is 0.0991 e. The third-order valence-corrected chi connectivity index (χ3v) is 8.64. The molecule has 0 fully saturated rings. The van der Waals surface area contributed by atoms with Crippen molar-refractivity contribution in [3.05, 3.63) is 138 Å². The van der Waals surface area contributed by atoms with E-state index in [1.807, 2.05) is 24.3 Å². The molecule has 0 bridgehead atoms. The number of nitriles is 1. The summed E-state index contributed by atoms with van der Waals surface area (Å²) in [5.41, 5.74) is 9.22. The van der Waals surface area contributed by atoms with E-state index in [0.717, 1.165) is 11.1 Å². The van der Waals surface area contributed by atoms with E-state index in [1.165, 1.54) is 70.9 Å². The second kappa shape index (κ2) is 8.81. The molecule has 0 saturated carbocycles. The SMILES string of the molecule is Cc1cccc2c3cccc(C)c3n(-c3ccc4c5ccc(-c6ccc(C#N)cc6)cc5c5ccccc5c4c3)c12. The minimum Gasteiger partial charge on any atom is -0.309 e. The molecule has 0 aliphatic heterocycles. The Morgan fingerprint density at radius 1 is 0.463 bits per heavy atom. The van der Waals surface area contributed by atoms with Gasteiger partial charge in [-0.3, -0.25) is 0 Å². The lowest BCUT2D eigenvalue weighted by Gasteiger charge is -2.15. The summed E-state index contributed by atoms with van der Waals surface area (Å²) in [6.07, 6.45) is 0. The number of aryl methyl sites for hydroxylation is 2. The Morgan fingerprint density at radius 3 is 1.59 bits per heavy atom. The maximum atomic E-state index is 9.22. The molecule has 0 unspecified atom stereocenters. The first kappa shape index (κ1) is 23.5. The van der Waals surface area contributed by atoms with Crippen LogP contribution in [0.5, 0.6) is 0 Å². The molecular weight excluding hydrogens is 496 g/mol. The van der Waals surface area contributed by atoms with E-state index in [1.54, 1.807) is 0 Å². The first-order valence-corrected chi connectivity index (χ1v) is 14.0. The lowest BCUT2D eigenvalue weighted by Crippen LogP contribution is -1.97. The maximum absolute atomic E-state index is 9.22. The van der Waals surface area contributed by atoms with Gasteiger partial charge in [0, 0.05) is 16.5 Å². The second-order valence-corrected chi connectivity index (χ2v) is 11.0. The Labute approximate surface area is 238 Å². The smallest absolute Gasteiger partial charge is 0.0991 e. The van der Waals surface area contributed by atoms with Gasteiger partial charge in [0.05, 0.1) is 22.7 Å². The zero-order valence-electron chi connectivity index (χ0n) is 22.9. The number of aromatic nitrogens is 1. The van der Waals surface area contributed by atoms with E-state index in [-0.39, 0.29) is 0 Å². The van der Waals surface area contributed by atoms with Crippen molar-refractivity contribution in [3.63, 3.8) is 0 Å². The van der Waals surface area contributed by atoms with Crippen LogP contribution in [-0.4, -0.2) is 4.57 Å². The molecule has 0 saturated heterocycles. The normalized spacial score (nSPS) is 11.6. The van der Waals surface area contributed by atoms with Gasteiger partial charge in [-0.1, -0.05) is 91.0 Å². The minimum atomic E-state index is 0.676. The molecule has 7 aromatic carbocycles.